The molecule has 130 valence electrons. The predicted molar refractivity (Wildman–Crippen MR) is 99.3 cm³/mol. The molecule has 2 amide bonds. The Bertz CT molecular complexity index is 843. The SMILES string of the molecule is O=C(C=Cc1c[nH]c2ccccc12)NC(CO)C(=O)NC1=NCCS1. The minimum Gasteiger partial charge on any atom is -0.394 e. The van der Waals surface area contributed by atoms with Crippen molar-refractivity contribution in [3.8, 4) is 0 Å². The fourth-order valence-corrected chi connectivity index (χ4v) is 3.15. The molecule has 1 aromatic heterocycles. The van der Waals surface area contributed by atoms with Crippen molar-refractivity contribution in [1.29, 1.82) is 0 Å². The molecule has 7 nitrogen and oxygen atoms in total. The smallest absolute Gasteiger partial charge is 0.250 e. The largest absolute Gasteiger partial charge is 0.394 e. The number of H-pyrrole nitrogens is 1. The monoisotopic (exact) mass is 358 g/mol. The predicted octanol–water partition coefficient (Wildman–Crippen LogP) is 0.877. The first-order valence-electron chi connectivity index (χ1n) is 7.81. The second-order valence-electron chi connectivity index (χ2n) is 5.39. The Morgan fingerprint density at radius 1 is 1.40 bits per heavy atom. The molecule has 1 aliphatic rings. The molecule has 4 N–H and O–H groups in total. The number of aliphatic imine (C=N–C) groups is 1. The average molecular weight is 358 g/mol. The summed E-state index contributed by atoms with van der Waals surface area (Å²) in [6.07, 6.45) is 4.81. The summed E-state index contributed by atoms with van der Waals surface area (Å²) in [5, 5.41) is 16.0. The highest BCUT2D eigenvalue weighted by Gasteiger charge is 2.21. The molecule has 0 saturated heterocycles. The Labute approximate surface area is 148 Å². The molecule has 2 heterocycles. The number of aromatic nitrogens is 1. The van der Waals surface area contributed by atoms with Gasteiger partial charge in [-0.05, 0) is 17.7 Å². The molecular formula is C17H18N4O3S. The topological polar surface area (TPSA) is 107 Å². The van der Waals surface area contributed by atoms with E-state index in [0.29, 0.717) is 11.7 Å². The van der Waals surface area contributed by atoms with E-state index in [1.54, 1.807) is 12.3 Å². The molecule has 1 unspecified atom stereocenters. The maximum atomic E-state index is 12.1. The number of hydrogen-bond donors (Lipinski definition) is 4. The lowest BCUT2D eigenvalue weighted by molar-refractivity contribution is -0.127. The molecule has 0 radical (unpaired) electrons. The van der Waals surface area contributed by atoms with Gasteiger partial charge in [-0.25, -0.2) is 0 Å². The van der Waals surface area contributed by atoms with Gasteiger partial charge in [-0.15, -0.1) is 0 Å². The number of para-hydroxylation sites is 1. The first kappa shape index (κ1) is 17.2. The number of aromatic amines is 1. The summed E-state index contributed by atoms with van der Waals surface area (Å²) in [6, 6.07) is 6.72. The van der Waals surface area contributed by atoms with Crippen molar-refractivity contribution in [3.05, 3.63) is 42.1 Å². The van der Waals surface area contributed by atoms with E-state index in [0.717, 1.165) is 22.2 Å². The number of carbonyl (C=O) groups excluding carboxylic acids is 2. The second kappa shape index (κ2) is 8.00. The first-order chi connectivity index (χ1) is 12.2. The molecule has 2 aromatic rings. The Balaban J connectivity index is 1.61. The number of benzene rings is 1. The highest BCUT2D eigenvalue weighted by molar-refractivity contribution is 8.14. The van der Waals surface area contributed by atoms with E-state index in [9.17, 15) is 14.7 Å². The number of hydrogen-bond acceptors (Lipinski definition) is 5. The minimum atomic E-state index is -1.02. The van der Waals surface area contributed by atoms with Gasteiger partial charge in [-0.1, -0.05) is 30.0 Å². The highest BCUT2D eigenvalue weighted by Crippen LogP contribution is 2.18. The highest BCUT2D eigenvalue weighted by atomic mass is 32.2. The van der Waals surface area contributed by atoms with Crippen LogP contribution in [0.2, 0.25) is 0 Å². The normalized spacial score (nSPS) is 15.3. The molecular weight excluding hydrogens is 340 g/mol. The zero-order valence-electron chi connectivity index (χ0n) is 13.4. The van der Waals surface area contributed by atoms with Crippen LogP contribution in [0.4, 0.5) is 0 Å². The van der Waals surface area contributed by atoms with Gasteiger partial charge in [0.15, 0.2) is 5.17 Å². The number of fused-ring (bicyclic) bond motifs is 1. The van der Waals surface area contributed by atoms with Crippen LogP contribution in [-0.4, -0.2) is 52.0 Å². The summed E-state index contributed by atoms with van der Waals surface area (Å²) in [5.41, 5.74) is 1.84. The Morgan fingerprint density at radius 2 is 2.24 bits per heavy atom. The molecule has 0 bridgehead atoms. The number of thioether (sulfide) groups is 1. The van der Waals surface area contributed by atoms with Crippen LogP contribution in [-0.2, 0) is 9.59 Å². The van der Waals surface area contributed by atoms with Crippen LogP contribution in [0.25, 0.3) is 17.0 Å². The van der Waals surface area contributed by atoms with Crippen molar-refractivity contribution >= 4 is 45.7 Å². The van der Waals surface area contributed by atoms with Crippen molar-refractivity contribution in [2.75, 3.05) is 18.9 Å². The van der Waals surface area contributed by atoms with Gasteiger partial charge in [0, 0.05) is 28.9 Å². The van der Waals surface area contributed by atoms with Crippen LogP contribution in [0.5, 0.6) is 0 Å². The third kappa shape index (κ3) is 4.28. The molecule has 0 spiro atoms. The third-order valence-electron chi connectivity index (χ3n) is 3.67. The lowest BCUT2D eigenvalue weighted by Crippen LogP contribution is -2.49. The zero-order valence-corrected chi connectivity index (χ0v) is 14.2. The van der Waals surface area contributed by atoms with Gasteiger partial charge in [0.2, 0.25) is 5.91 Å². The van der Waals surface area contributed by atoms with Gasteiger partial charge in [0.1, 0.15) is 6.04 Å². The molecule has 1 atom stereocenters. The molecule has 25 heavy (non-hydrogen) atoms. The molecule has 0 saturated carbocycles. The van der Waals surface area contributed by atoms with Crippen LogP contribution in [0, 0.1) is 0 Å². The number of rotatable bonds is 5. The maximum Gasteiger partial charge on any atom is 0.250 e. The van der Waals surface area contributed by atoms with Crippen molar-refractivity contribution < 1.29 is 14.7 Å². The van der Waals surface area contributed by atoms with Gasteiger partial charge in [-0.3, -0.25) is 14.6 Å². The van der Waals surface area contributed by atoms with Crippen molar-refractivity contribution in [3.63, 3.8) is 0 Å². The van der Waals surface area contributed by atoms with Crippen LogP contribution in [0.15, 0.2) is 41.5 Å². The maximum absolute atomic E-state index is 12.1. The second-order valence-corrected chi connectivity index (χ2v) is 6.47. The number of nitrogens with zero attached hydrogens (tertiary/aromatic N) is 1. The summed E-state index contributed by atoms with van der Waals surface area (Å²) in [5.74, 6) is -0.121. The van der Waals surface area contributed by atoms with E-state index >= 15 is 0 Å². The first-order valence-corrected chi connectivity index (χ1v) is 8.79. The average Bonchev–Trinajstić information content (AvgIpc) is 3.27. The number of aliphatic hydroxyl groups excluding tert-OH is 1. The van der Waals surface area contributed by atoms with Gasteiger partial charge in [0.05, 0.1) is 13.2 Å². The van der Waals surface area contributed by atoms with Crippen molar-refractivity contribution in [2.45, 2.75) is 6.04 Å². The Morgan fingerprint density at radius 3 is 3.00 bits per heavy atom. The summed E-state index contributed by atoms with van der Waals surface area (Å²) >= 11 is 1.43. The summed E-state index contributed by atoms with van der Waals surface area (Å²) in [6.45, 7) is 0.167. The van der Waals surface area contributed by atoms with Crippen molar-refractivity contribution in [1.82, 2.24) is 15.6 Å². The number of amidine groups is 1. The lowest BCUT2D eigenvalue weighted by Gasteiger charge is -2.14. The number of aliphatic hydroxyl groups is 1. The van der Waals surface area contributed by atoms with E-state index in [1.165, 1.54) is 17.8 Å². The van der Waals surface area contributed by atoms with E-state index in [4.69, 9.17) is 0 Å². The summed E-state index contributed by atoms with van der Waals surface area (Å²) in [4.78, 5) is 31.3. The van der Waals surface area contributed by atoms with Crippen molar-refractivity contribution in [2.24, 2.45) is 4.99 Å². The van der Waals surface area contributed by atoms with Crippen LogP contribution >= 0.6 is 11.8 Å². The third-order valence-corrected chi connectivity index (χ3v) is 4.56. The fraction of sp³-hybridized carbons (Fsp3) is 0.235. The molecule has 0 aliphatic carbocycles. The Kier molecular flexibility index (Phi) is 5.52. The summed E-state index contributed by atoms with van der Waals surface area (Å²) in [7, 11) is 0. The number of carbonyl (C=O) groups is 2. The molecule has 3 rings (SSSR count). The van der Waals surface area contributed by atoms with Gasteiger partial charge in [0.25, 0.3) is 5.91 Å². The van der Waals surface area contributed by atoms with E-state index in [1.807, 2.05) is 24.3 Å². The van der Waals surface area contributed by atoms with E-state index in [2.05, 4.69) is 20.6 Å². The Hall–Kier alpha value is -2.58. The lowest BCUT2D eigenvalue weighted by atomic mass is 10.1. The standard InChI is InChI=1S/C17H18N4O3S/c22-10-14(16(24)21-17-18-7-8-25-17)20-15(23)6-5-11-9-19-13-4-2-1-3-12(11)13/h1-6,9,14,19,22H,7-8,10H2,(H,20,23)(H,18,21,24). The van der Waals surface area contributed by atoms with Gasteiger partial charge < -0.3 is 20.7 Å². The number of nitrogens with one attached hydrogen (secondary N) is 3. The van der Waals surface area contributed by atoms with E-state index in [-0.39, 0.29) is 0 Å². The molecule has 8 heteroatoms. The molecule has 0 fully saturated rings. The van der Waals surface area contributed by atoms with Gasteiger partial charge >= 0.3 is 0 Å². The van der Waals surface area contributed by atoms with E-state index < -0.39 is 24.5 Å². The fourth-order valence-electron chi connectivity index (χ4n) is 2.41. The zero-order chi connectivity index (χ0) is 17.6. The van der Waals surface area contributed by atoms with Crippen LogP contribution in [0.3, 0.4) is 0 Å². The molecule has 1 aromatic carbocycles. The van der Waals surface area contributed by atoms with Gasteiger partial charge in [-0.2, -0.15) is 0 Å². The summed E-state index contributed by atoms with van der Waals surface area (Å²) < 4.78 is 0. The van der Waals surface area contributed by atoms with Crippen LogP contribution < -0.4 is 10.6 Å². The molecule has 1 aliphatic heterocycles. The minimum absolute atomic E-state index is 0.458. The van der Waals surface area contributed by atoms with Crippen LogP contribution in [0.1, 0.15) is 5.56 Å². The quantitative estimate of drug-likeness (QED) is 0.595. The number of amides is 2.